The van der Waals surface area contributed by atoms with E-state index in [4.69, 9.17) is 17.3 Å². The van der Waals surface area contributed by atoms with Gasteiger partial charge in [0, 0.05) is 10.8 Å². The fraction of sp³-hybridized carbons (Fsp3) is 0.176. The maximum atomic E-state index is 12.0. The van der Waals surface area contributed by atoms with E-state index in [0.29, 0.717) is 22.0 Å². The van der Waals surface area contributed by atoms with Crippen molar-refractivity contribution in [2.24, 2.45) is 5.73 Å². The molecule has 0 fully saturated rings. The number of amides is 2. The molecule has 2 amide bonds. The third-order valence-electron chi connectivity index (χ3n) is 3.21. The average Bonchev–Trinajstić information content (AvgIpc) is 2.49. The Morgan fingerprint density at radius 3 is 2.52 bits per heavy atom. The highest BCUT2D eigenvalue weighted by Crippen LogP contribution is 2.20. The fourth-order valence-electron chi connectivity index (χ4n) is 2.13. The third kappa shape index (κ3) is 5.01. The summed E-state index contributed by atoms with van der Waals surface area (Å²) in [4.78, 5) is 23.5. The summed E-state index contributed by atoms with van der Waals surface area (Å²) in [6, 6.07) is 12.7. The lowest BCUT2D eigenvalue weighted by Gasteiger charge is -2.11. The van der Waals surface area contributed by atoms with Crippen molar-refractivity contribution in [1.82, 2.24) is 0 Å². The Hall–Kier alpha value is -1.98. The van der Waals surface area contributed by atoms with Crippen LogP contribution in [0.2, 0.25) is 5.02 Å². The first-order valence-electron chi connectivity index (χ1n) is 6.99. The molecule has 23 heavy (non-hydrogen) atoms. The molecule has 0 radical (unpaired) electrons. The molecule has 0 spiro atoms. The van der Waals surface area contributed by atoms with E-state index in [1.807, 2.05) is 24.3 Å². The molecule has 0 atom stereocenters. The first-order valence-corrected chi connectivity index (χ1v) is 8.52. The zero-order chi connectivity index (χ0) is 16.8. The van der Waals surface area contributed by atoms with Crippen molar-refractivity contribution in [3.63, 3.8) is 0 Å². The molecule has 120 valence electrons. The van der Waals surface area contributed by atoms with Crippen molar-refractivity contribution in [3.8, 4) is 0 Å². The lowest BCUT2D eigenvalue weighted by molar-refractivity contribution is -0.113. The number of hydrogen-bond acceptors (Lipinski definition) is 3. The quantitative estimate of drug-likeness (QED) is 0.837. The number of nitrogens with two attached hydrogens (primary N) is 1. The van der Waals surface area contributed by atoms with E-state index in [2.05, 4.69) is 5.32 Å². The Kier molecular flexibility index (Phi) is 6.07. The minimum absolute atomic E-state index is 0.169. The van der Waals surface area contributed by atoms with E-state index in [0.717, 1.165) is 11.1 Å². The second-order valence-electron chi connectivity index (χ2n) is 5.03. The molecule has 0 aliphatic carbocycles. The van der Waals surface area contributed by atoms with Gasteiger partial charge in [0.25, 0.3) is 5.91 Å². The van der Waals surface area contributed by atoms with Crippen molar-refractivity contribution < 1.29 is 9.59 Å². The summed E-state index contributed by atoms with van der Waals surface area (Å²) < 4.78 is 0. The molecule has 0 aliphatic rings. The number of benzene rings is 2. The SMILES string of the molecule is Cc1cccc(NC(=O)CSCc2ccc(Cl)cc2)c1C(N)=O. The number of hydrogen-bond donors (Lipinski definition) is 2. The first kappa shape index (κ1) is 17.4. The lowest BCUT2D eigenvalue weighted by atomic mass is 10.1. The number of rotatable bonds is 6. The molecule has 6 heteroatoms. The molecule has 0 heterocycles. The highest BCUT2D eigenvalue weighted by molar-refractivity contribution is 7.99. The monoisotopic (exact) mass is 348 g/mol. The number of anilines is 1. The normalized spacial score (nSPS) is 10.3. The number of aryl methyl sites for hydroxylation is 1. The third-order valence-corrected chi connectivity index (χ3v) is 4.46. The van der Waals surface area contributed by atoms with Crippen molar-refractivity contribution in [2.45, 2.75) is 12.7 Å². The van der Waals surface area contributed by atoms with Crippen molar-refractivity contribution in [1.29, 1.82) is 0 Å². The first-order chi connectivity index (χ1) is 11.0. The van der Waals surface area contributed by atoms with E-state index in [1.165, 1.54) is 11.8 Å². The van der Waals surface area contributed by atoms with E-state index in [9.17, 15) is 9.59 Å². The van der Waals surface area contributed by atoms with Crippen LogP contribution >= 0.6 is 23.4 Å². The lowest BCUT2D eigenvalue weighted by Crippen LogP contribution is -2.20. The van der Waals surface area contributed by atoms with Crippen LogP contribution in [0.1, 0.15) is 21.5 Å². The Bertz CT molecular complexity index is 717. The van der Waals surface area contributed by atoms with Crippen LogP contribution in [-0.4, -0.2) is 17.6 Å². The average molecular weight is 349 g/mol. The summed E-state index contributed by atoms with van der Waals surface area (Å²) in [7, 11) is 0. The van der Waals surface area contributed by atoms with Gasteiger partial charge in [-0.25, -0.2) is 0 Å². The molecule has 0 unspecified atom stereocenters. The van der Waals surface area contributed by atoms with Crippen LogP contribution in [0, 0.1) is 6.92 Å². The van der Waals surface area contributed by atoms with E-state index in [-0.39, 0.29) is 11.7 Å². The van der Waals surface area contributed by atoms with Gasteiger partial charge in [-0.15, -0.1) is 11.8 Å². The van der Waals surface area contributed by atoms with Gasteiger partial charge in [-0.1, -0.05) is 35.9 Å². The molecule has 3 N–H and O–H groups in total. The molecule has 2 aromatic rings. The van der Waals surface area contributed by atoms with Crippen molar-refractivity contribution in [2.75, 3.05) is 11.1 Å². The summed E-state index contributed by atoms with van der Waals surface area (Å²) in [5, 5.41) is 3.44. The standard InChI is InChI=1S/C17H17ClN2O2S/c1-11-3-2-4-14(16(11)17(19)22)20-15(21)10-23-9-12-5-7-13(18)8-6-12/h2-8H,9-10H2,1H3,(H2,19,22)(H,20,21). The predicted molar refractivity (Wildman–Crippen MR) is 95.9 cm³/mol. The Balaban J connectivity index is 1.91. The summed E-state index contributed by atoms with van der Waals surface area (Å²) in [5.74, 6) is 0.278. The molecule has 2 aromatic carbocycles. The molecule has 0 aliphatic heterocycles. The summed E-state index contributed by atoms with van der Waals surface area (Å²) in [6.45, 7) is 1.78. The Morgan fingerprint density at radius 2 is 1.87 bits per heavy atom. The molecule has 0 bridgehead atoms. The molecule has 0 aromatic heterocycles. The number of primary amides is 1. The van der Waals surface area contributed by atoms with Gasteiger partial charge in [-0.2, -0.15) is 0 Å². The molecule has 0 saturated carbocycles. The largest absolute Gasteiger partial charge is 0.366 e. The number of carbonyl (C=O) groups excluding carboxylic acids is 2. The van der Waals surface area contributed by atoms with Gasteiger partial charge < -0.3 is 11.1 Å². The summed E-state index contributed by atoms with van der Waals surface area (Å²) >= 11 is 7.32. The highest BCUT2D eigenvalue weighted by atomic mass is 35.5. The van der Waals surface area contributed by atoms with Gasteiger partial charge in [0.1, 0.15) is 0 Å². The van der Waals surface area contributed by atoms with E-state index < -0.39 is 5.91 Å². The molecular weight excluding hydrogens is 332 g/mol. The molecule has 2 rings (SSSR count). The van der Waals surface area contributed by atoms with Gasteiger partial charge in [0.2, 0.25) is 5.91 Å². The van der Waals surface area contributed by atoms with Gasteiger partial charge >= 0.3 is 0 Å². The predicted octanol–water partition coefficient (Wildman–Crippen LogP) is 3.62. The highest BCUT2D eigenvalue weighted by Gasteiger charge is 2.13. The van der Waals surface area contributed by atoms with E-state index in [1.54, 1.807) is 25.1 Å². The van der Waals surface area contributed by atoms with Gasteiger partial charge in [-0.3, -0.25) is 9.59 Å². The Morgan fingerprint density at radius 1 is 1.17 bits per heavy atom. The zero-order valence-corrected chi connectivity index (χ0v) is 14.2. The van der Waals surface area contributed by atoms with Gasteiger partial charge in [-0.05, 0) is 36.2 Å². The van der Waals surface area contributed by atoms with Crippen LogP contribution in [-0.2, 0) is 10.5 Å². The Labute approximate surface area is 144 Å². The number of halogens is 1. The number of nitrogens with one attached hydrogen (secondary N) is 1. The minimum Gasteiger partial charge on any atom is -0.366 e. The van der Waals surface area contributed by atoms with Crippen molar-refractivity contribution >= 4 is 40.9 Å². The van der Waals surface area contributed by atoms with E-state index >= 15 is 0 Å². The van der Waals surface area contributed by atoms with Crippen LogP contribution in [0.5, 0.6) is 0 Å². The van der Waals surface area contributed by atoms with Gasteiger partial charge in [0.15, 0.2) is 0 Å². The van der Waals surface area contributed by atoms with Crippen LogP contribution in [0.3, 0.4) is 0 Å². The van der Waals surface area contributed by atoms with Crippen molar-refractivity contribution in [3.05, 3.63) is 64.2 Å². The van der Waals surface area contributed by atoms with Crippen LogP contribution in [0.15, 0.2) is 42.5 Å². The maximum Gasteiger partial charge on any atom is 0.251 e. The number of thioether (sulfide) groups is 1. The second-order valence-corrected chi connectivity index (χ2v) is 6.45. The summed E-state index contributed by atoms with van der Waals surface area (Å²) in [6.07, 6.45) is 0. The second kappa shape index (κ2) is 8.04. The smallest absolute Gasteiger partial charge is 0.251 e. The van der Waals surface area contributed by atoms with Crippen LogP contribution in [0.4, 0.5) is 5.69 Å². The molecular formula is C17H17ClN2O2S. The van der Waals surface area contributed by atoms with Crippen LogP contribution in [0.25, 0.3) is 0 Å². The minimum atomic E-state index is -0.549. The topological polar surface area (TPSA) is 72.2 Å². The maximum absolute atomic E-state index is 12.0. The number of carbonyl (C=O) groups is 2. The fourth-order valence-corrected chi connectivity index (χ4v) is 3.04. The molecule has 0 saturated heterocycles. The van der Waals surface area contributed by atoms with Gasteiger partial charge in [0.05, 0.1) is 17.0 Å². The zero-order valence-electron chi connectivity index (χ0n) is 12.6. The summed E-state index contributed by atoms with van der Waals surface area (Å²) in [5.41, 5.74) is 8.01. The van der Waals surface area contributed by atoms with Crippen LogP contribution < -0.4 is 11.1 Å². The molecule has 4 nitrogen and oxygen atoms in total.